The summed E-state index contributed by atoms with van der Waals surface area (Å²) in [6.45, 7) is 3.95. The number of hydrogen-bond acceptors (Lipinski definition) is 6. The van der Waals surface area contributed by atoms with E-state index < -0.39 is 10.0 Å². The summed E-state index contributed by atoms with van der Waals surface area (Å²) in [5.41, 5.74) is 3.12. The highest BCUT2D eigenvalue weighted by Gasteiger charge is 2.30. The molecule has 9 heteroatoms. The average Bonchev–Trinajstić information content (AvgIpc) is 3.39. The average molecular weight is 458 g/mol. The van der Waals surface area contributed by atoms with Gasteiger partial charge in [0.25, 0.3) is 0 Å². The van der Waals surface area contributed by atoms with Crippen molar-refractivity contribution < 1.29 is 17.7 Å². The van der Waals surface area contributed by atoms with Gasteiger partial charge in [0, 0.05) is 17.3 Å². The molecular weight excluding hydrogens is 434 g/mol. The Morgan fingerprint density at radius 1 is 1.19 bits per heavy atom. The van der Waals surface area contributed by atoms with Crippen molar-refractivity contribution in [3.05, 3.63) is 63.9 Å². The first-order valence-corrected chi connectivity index (χ1v) is 12.2. The first-order valence-electron chi connectivity index (χ1n) is 9.93. The maximum absolute atomic E-state index is 12.7. The fraction of sp³-hybridized carbons (Fsp3) is 0.273. The van der Waals surface area contributed by atoms with Gasteiger partial charge in [0.05, 0.1) is 0 Å². The lowest BCUT2D eigenvalue weighted by atomic mass is 10.1. The van der Waals surface area contributed by atoms with Gasteiger partial charge < -0.3 is 9.84 Å². The van der Waals surface area contributed by atoms with Gasteiger partial charge >= 0.3 is 0 Å². The molecule has 0 spiro atoms. The van der Waals surface area contributed by atoms with Crippen LogP contribution in [0.4, 0.5) is 5.69 Å². The molecule has 2 N–H and O–H groups in total. The molecule has 1 amide bonds. The van der Waals surface area contributed by atoms with Crippen LogP contribution in [0.5, 0.6) is 0 Å². The summed E-state index contributed by atoms with van der Waals surface area (Å²) in [5, 5.41) is 6.80. The highest BCUT2D eigenvalue weighted by atomic mass is 32.2. The van der Waals surface area contributed by atoms with Crippen LogP contribution in [0.25, 0.3) is 12.2 Å². The van der Waals surface area contributed by atoms with Gasteiger partial charge in [-0.25, -0.2) is 13.1 Å². The Kier molecular flexibility index (Phi) is 6.08. The zero-order valence-corrected chi connectivity index (χ0v) is 18.8. The number of nitrogens with one attached hydrogen (secondary N) is 2. The lowest BCUT2D eigenvalue weighted by Gasteiger charge is -2.07. The summed E-state index contributed by atoms with van der Waals surface area (Å²) in [4.78, 5) is 12.8. The van der Waals surface area contributed by atoms with E-state index in [1.54, 1.807) is 31.2 Å². The molecule has 0 unspecified atom stereocenters. The number of aryl methyl sites for hydroxylation is 2. The normalized spacial score (nSPS) is 14.3. The standard InChI is InChI=1S/C22H23N3O4S2/c1-14-5-3-4-6-17(14)13-23-31(27,28)20-12-10-18(30-20)9-11-19-21(15(2)25-29-19)24-22(26)16-7-8-16/h3-6,9-12,16,23H,7-8,13H2,1-2H3,(H,24,26). The van der Waals surface area contributed by atoms with Crippen LogP contribution in [-0.4, -0.2) is 19.5 Å². The molecule has 0 radical (unpaired) electrons. The summed E-state index contributed by atoms with van der Waals surface area (Å²) in [5.74, 6) is 0.482. The van der Waals surface area contributed by atoms with Gasteiger partial charge in [-0.15, -0.1) is 11.3 Å². The van der Waals surface area contributed by atoms with Gasteiger partial charge in [-0.3, -0.25) is 4.79 Å². The molecule has 0 saturated heterocycles. The number of amides is 1. The van der Waals surface area contributed by atoms with Crippen LogP contribution in [0.15, 0.2) is 45.1 Å². The van der Waals surface area contributed by atoms with Gasteiger partial charge in [0.15, 0.2) is 5.76 Å². The molecule has 3 aromatic rings. The first-order chi connectivity index (χ1) is 14.8. The van der Waals surface area contributed by atoms with E-state index in [1.165, 1.54) is 0 Å². The number of thiophene rings is 1. The molecule has 0 bridgehead atoms. The highest BCUT2D eigenvalue weighted by molar-refractivity contribution is 7.91. The zero-order chi connectivity index (χ0) is 22.0. The highest BCUT2D eigenvalue weighted by Crippen LogP contribution is 2.32. The van der Waals surface area contributed by atoms with Crippen molar-refractivity contribution in [2.45, 2.75) is 37.4 Å². The van der Waals surface area contributed by atoms with Crippen LogP contribution in [0, 0.1) is 19.8 Å². The van der Waals surface area contributed by atoms with Crippen LogP contribution in [0.3, 0.4) is 0 Å². The third kappa shape index (κ3) is 5.12. The first kappa shape index (κ1) is 21.5. The third-order valence-corrected chi connectivity index (χ3v) is 8.01. The second-order valence-corrected chi connectivity index (χ2v) is 10.6. The molecule has 1 aliphatic rings. The largest absolute Gasteiger partial charge is 0.354 e. The van der Waals surface area contributed by atoms with E-state index >= 15 is 0 Å². The molecule has 1 saturated carbocycles. The Morgan fingerprint density at radius 3 is 2.71 bits per heavy atom. The summed E-state index contributed by atoms with van der Waals surface area (Å²) in [6.07, 6.45) is 5.25. The maximum atomic E-state index is 12.7. The minimum atomic E-state index is -3.62. The minimum absolute atomic E-state index is 0.0230. The Balaban J connectivity index is 1.45. The van der Waals surface area contributed by atoms with E-state index in [1.807, 2.05) is 31.2 Å². The molecule has 31 heavy (non-hydrogen) atoms. The number of benzene rings is 1. The van der Waals surface area contributed by atoms with Crippen LogP contribution in [0.1, 0.15) is 40.3 Å². The summed E-state index contributed by atoms with van der Waals surface area (Å²) in [6, 6.07) is 11.0. The predicted molar refractivity (Wildman–Crippen MR) is 121 cm³/mol. The number of hydrogen-bond donors (Lipinski definition) is 2. The van der Waals surface area contributed by atoms with Crippen molar-refractivity contribution in [2.24, 2.45) is 5.92 Å². The maximum Gasteiger partial charge on any atom is 0.250 e. The Morgan fingerprint density at radius 2 is 1.97 bits per heavy atom. The van der Waals surface area contributed by atoms with E-state index in [-0.39, 0.29) is 22.6 Å². The van der Waals surface area contributed by atoms with Gasteiger partial charge in [0.2, 0.25) is 15.9 Å². The Labute approximate surface area is 185 Å². The van der Waals surface area contributed by atoms with Crippen molar-refractivity contribution in [1.82, 2.24) is 9.88 Å². The van der Waals surface area contributed by atoms with Crippen LogP contribution in [0.2, 0.25) is 0 Å². The second kappa shape index (κ2) is 8.78. The van der Waals surface area contributed by atoms with Gasteiger partial charge in [0.1, 0.15) is 15.6 Å². The number of rotatable bonds is 8. The minimum Gasteiger partial charge on any atom is -0.354 e. The van der Waals surface area contributed by atoms with Gasteiger partial charge in [-0.1, -0.05) is 29.4 Å². The molecule has 2 aromatic heterocycles. The molecule has 0 aliphatic heterocycles. The Hall–Kier alpha value is -2.75. The number of carbonyl (C=O) groups is 1. The molecular formula is C22H23N3O4S2. The number of carbonyl (C=O) groups excluding carboxylic acids is 1. The van der Waals surface area contributed by atoms with Crippen molar-refractivity contribution in [3.63, 3.8) is 0 Å². The van der Waals surface area contributed by atoms with Gasteiger partial charge in [-0.05, 0) is 62.1 Å². The number of anilines is 1. The lowest BCUT2D eigenvalue weighted by Crippen LogP contribution is -2.22. The number of nitrogens with zero attached hydrogens (tertiary/aromatic N) is 1. The van der Waals surface area contributed by atoms with Crippen LogP contribution in [-0.2, 0) is 21.4 Å². The van der Waals surface area contributed by atoms with Crippen LogP contribution < -0.4 is 10.0 Å². The predicted octanol–water partition coefficient (Wildman–Crippen LogP) is 4.35. The third-order valence-electron chi connectivity index (χ3n) is 5.07. The molecule has 1 aliphatic carbocycles. The van der Waals surface area contributed by atoms with Crippen molar-refractivity contribution in [1.29, 1.82) is 0 Å². The number of aromatic nitrogens is 1. The summed E-state index contributed by atoms with van der Waals surface area (Å²) >= 11 is 1.15. The van der Waals surface area contributed by atoms with Crippen molar-refractivity contribution in [3.8, 4) is 0 Å². The molecule has 1 fully saturated rings. The molecule has 4 rings (SSSR count). The summed E-state index contributed by atoms with van der Waals surface area (Å²) < 4.78 is 33.5. The topological polar surface area (TPSA) is 101 Å². The number of sulfonamides is 1. The summed E-state index contributed by atoms with van der Waals surface area (Å²) in [7, 11) is -3.62. The molecule has 0 atom stereocenters. The zero-order valence-electron chi connectivity index (χ0n) is 17.2. The van der Waals surface area contributed by atoms with Crippen molar-refractivity contribution in [2.75, 3.05) is 5.32 Å². The van der Waals surface area contributed by atoms with E-state index in [2.05, 4.69) is 15.2 Å². The lowest BCUT2D eigenvalue weighted by molar-refractivity contribution is -0.117. The van der Waals surface area contributed by atoms with E-state index in [4.69, 9.17) is 4.52 Å². The fourth-order valence-electron chi connectivity index (χ4n) is 3.00. The van der Waals surface area contributed by atoms with Crippen molar-refractivity contribution >= 4 is 45.1 Å². The molecule has 162 valence electrons. The molecule has 1 aromatic carbocycles. The monoisotopic (exact) mass is 457 g/mol. The van der Waals surface area contributed by atoms with Crippen LogP contribution >= 0.6 is 11.3 Å². The molecule has 2 heterocycles. The quantitative estimate of drug-likeness (QED) is 0.524. The van der Waals surface area contributed by atoms with E-state index in [0.29, 0.717) is 17.1 Å². The SMILES string of the molecule is Cc1ccccc1CNS(=O)(=O)c1ccc(C=Cc2onc(C)c2NC(=O)C2CC2)s1. The molecule has 7 nitrogen and oxygen atoms in total. The second-order valence-electron chi connectivity index (χ2n) is 7.51. The smallest absolute Gasteiger partial charge is 0.250 e. The fourth-order valence-corrected chi connectivity index (χ4v) is 5.28. The van der Waals surface area contributed by atoms with E-state index in [9.17, 15) is 13.2 Å². The van der Waals surface area contributed by atoms with E-state index in [0.717, 1.165) is 40.2 Å². The Bertz CT molecular complexity index is 1240. The van der Waals surface area contributed by atoms with Gasteiger partial charge in [-0.2, -0.15) is 0 Å².